The van der Waals surface area contributed by atoms with Gasteiger partial charge in [0, 0.05) is 19.6 Å². The molecule has 0 fully saturated rings. The lowest BCUT2D eigenvalue weighted by Crippen LogP contribution is -2.29. The molecule has 1 heterocycles. The Balaban J connectivity index is 2.95. The van der Waals surface area contributed by atoms with Gasteiger partial charge in [0.1, 0.15) is 5.02 Å². The fraction of sp³-hybridized carbons (Fsp3) is 0.545. The Kier molecular flexibility index (Phi) is 4.98. The molecule has 0 amide bonds. The summed E-state index contributed by atoms with van der Waals surface area (Å²) in [5.74, 6) is 1.18. The highest BCUT2D eigenvalue weighted by Gasteiger charge is 2.15. The third kappa shape index (κ3) is 3.46. The molecule has 0 aliphatic heterocycles. The van der Waals surface area contributed by atoms with E-state index in [1.54, 1.807) is 6.20 Å². The van der Waals surface area contributed by atoms with Crippen LogP contribution in [0.15, 0.2) is 6.20 Å². The van der Waals surface area contributed by atoms with Crippen LogP contribution in [0.2, 0.25) is 5.02 Å². The van der Waals surface area contributed by atoms with Gasteiger partial charge in [0.25, 0.3) is 0 Å². The smallest absolute Gasteiger partial charge is 0.224 e. The van der Waals surface area contributed by atoms with E-state index in [1.807, 2.05) is 25.8 Å². The Bertz CT molecular complexity index is 415. The van der Waals surface area contributed by atoms with E-state index in [9.17, 15) is 0 Å². The molecule has 0 aliphatic rings. The molecule has 0 aromatic carbocycles. The Hall–Kier alpha value is -1.54. The van der Waals surface area contributed by atoms with Crippen molar-refractivity contribution < 1.29 is 0 Å². The Morgan fingerprint density at radius 2 is 2.35 bits per heavy atom. The highest BCUT2D eigenvalue weighted by atomic mass is 35.5. The molecule has 1 rings (SSSR count). The topological polar surface area (TPSA) is 64.8 Å². The zero-order chi connectivity index (χ0) is 12.8. The second-order valence-electron chi connectivity index (χ2n) is 3.72. The van der Waals surface area contributed by atoms with E-state index in [4.69, 9.17) is 16.9 Å². The third-order valence-corrected chi connectivity index (χ3v) is 2.71. The molecule has 92 valence electrons. The summed E-state index contributed by atoms with van der Waals surface area (Å²) in [6, 6.07) is 2.19. The van der Waals surface area contributed by atoms with Crippen molar-refractivity contribution >= 4 is 23.4 Å². The normalized spacial score (nSPS) is 11.7. The summed E-state index contributed by atoms with van der Waals surface area (Å²) in [6.45, 7) is 4.67. The van der Waals surface area contributed by atoms with Crippen molar-refractivity contribution in [1.29, 1.82) is 5.26 Å². The van der Waals surface area contributed by atoms with Gasteiger partial charge in [-0.25, -0.2) is 4.98 Å². The van der Waals surface area contributed by atoms with Gasteiger partial charge in [-0.15, -0.1) is 0 Å². The molecule has 0 spiro atoms. The molecule has 0 saturated carbocycles. The highest BCUT2D eigenvalue weighted by molar-refractivity contribution is 6.32. The Labute approximate surface area is 106 Å². The number of hydrogen-bond donors (Lipinski definition) is 1. The molecule has 0 saturated heterocycles. The van der Waals surface area contributed by atoms with Crippen LogP contribution in [0.25, 0.3) is 0 Å². The monoisotopic (exact) mass is 253 g/mol. The minimum Gasteiger partial charge on any atom is -0.355 e. The van der Waals surface area contributed by atoms with Gasteiger partial charge in [-0.3, -0.25) is 0 Å². The van der Waals surface area contributed by atoms with E-state index in [1.165, 1.54) is 0 Å². The molecular weight excluding hydrogens is 238 g/mol. The van der Waals surface area contributed by atoms with Crippen molar-refractivity contribution in [2.24, 2.45) is 0 Å². The second-order valence-corrected chi connectivity index (χ2v) is 4.12. The van der Waals surface area contributed by atoms with E-state index in [0.717, 1.165) is 6.54 Å². The van der Waals surface area contributed by atoms with Crippen LogP contribution in [-0.2, 0) is 0 Å². The van der Waals surface area contributed by atoms with Crippen LogP contribution >= 0.6 is 11.6 Å². The van der Waals surface area contributed by atoms with Crippen molar-refractivity contribution in [1.82, 2.24) is 9.97 Å². The molecule has 1 unspecified atom stereocenters. The maximum Gasteiger partial charge on any atom is 0.224 e. The molecule has 17 heavy (non-hydrogen) atoms. The van der Waals surface area contributed by atoms with Crippen molar-refractivity contribution in [3.63, 3.8) is 0 Å². The van der Waals surface area contributed by atoms with Crippen molar-refractivity contribution in [3.8, 4) is 6.07 Å². The predicted octanol–water partition coefficient (Wildman–Crippen LogP) is 2.30. The van der Waals surface area contributed by atoms with E-state index in [-0.39, 0.29) is 6.04 Å². The van der Waals surface area contributed by atoms with Crippen LogP contribution < -0.4 is 10.2 Å². The van der Waals surface area contributed by atoms with Crippen LogP contribution in [0.3, 0.4) is 0 Å². The Morgan fingerprint density at radius 1 is 1.65 bits per heavy atom. The molecule has 0 bridgehead atoms. The van der Waals surface area contributed by atoms with E-state index in [2.05, 4.69) is 21.4 Å². The van der Waals surface area contributed by atoms with Crippen LogP contribution in [-0.4, -0.2) is 29.6 Å². The fourth-order valence-corrected chi connectivity index (χ4v) is 1.55. The maximum absolute atomic E-state index is 8.69. The number of halogens is 1. The third-order valence-electron chi connectivity index (χ3n) is 2.44. The minimum absolute atomic E-state index is 0.0573. The highest BCUT2D eigenvalue weighted by Crippen LogP contribution is 2.24. The number of aromatic nitrogens is 2. The lowest BCUT2D eigenvalue weighted by molar-refractivity contribution is 0.693. The zero-order valence-corrected chi connectivity index (χ0v) is 11.0. The molecular formula is C11H16ClN5. The molecule has 0 radical (unpaired) electrons. The summed E-state index contributed by atoms with van der Waals surface area (Å²) in [4.78, 5) is 10.3. The summed E-state index contributed by atoms with van der Waals surface area (Å²) in [7, 11) is 1.87. The minimum atomic E-state index is 0.0573. The van der Waals surface area contributed by atoms with Gasteiger partial charge in [0.2, 0.25) is 5.95 Å². The summed E-state index contributed by atoms with van der Waals surface area (Å²) in [5, 5.41) is 12.2. The summed E-state index contributed by atoms with van der Waals surface area (Å²) in [6.07, 6.45) is 1.99. The van der Waals surface area contributed by atoms with Crippen LogP contribution in [0.4, 0.5) is 11.8 Å². The van der Waals surface area contributed by atoms with E-state index >= 15 is 0 Å². The van der Waals surface area contributed by atoms with Gasteiger partial charge in [-0.2, -0.15) is 10.2 Å². The van der Waals surface area contributed by atoms with Crippen LogP contribution in [0.5, 0.6) is 0 Å². The summed E-state index contributed by atoms with van der Waals surface area (Å²) >= 11 is 6.06. The molecule has 1 N–H and O–H groups in total. The first-order valence-electron chi connectivity index (χ1n) is 5.46. The van der Waals surface area contributed by atoms with Crippen molar-refractivity contribution in [2.45, 2.75) is 26.3 Å². The SMILES string of the molecule is CCNc1ncc(Cl)c(N(C)C(C)CC#N)n1. The first kappa shape index (κ1) is 13.5. The zero-order valence-electron chi connectivity index (χ0n) is 10.2. The maximum atomic E-state index is 8.69. The number of nitrogens with zero attached hydrogens (tertiary/aromatic N) is 4. The number of nitriles is 1. The molecule has 6 heteroatoms. The predicted molar refractivity (Wildman–Crippen MR) is 69.3 cm³/mol. The van der Waals surface area contributed by atoms with Gasteiger partial charge in [-0.1, -0.05) is 11.6 Å². The number of nitrogens with one attached hydrogen (secondary N) is 1. The molecule has 1 atom stereocenters. The first-order chi connectivity index (χ1) is 8.10. The Morgan fingerprint density at radius 3 is 2.94 bits per heavy atom. The largest absolute Gasteiger partial charge is 0.355 e. The molecule has 5 nitrogen and oxygen atoms in total. The quantitative estimate of drug-likeness (QED) is 0.872. The standard InChI is InChI=1S/C11H16ClN5/c1-4-14-11-15-7-9(12)10(16-11)17(3)8(2)5-6-13/h7-8H,4-5H2,1-3H3,(H,14,15,16). The molecule has 0 aliphatic carbocycles. The fourth-order valence-electron chi connectivity index (χ4n) is 1.33. The lowest BCUT2D eigenvalue weighted by Gasteiger charge is -2.25. The molecule has 1 aromatic heterocycles. The summed E-state index contributed by atoms with van der Waals surface area (Å²) in [5.41, 5.74) is 0. The van der Waals surface area contributed by atoms with Crippen molar-refractivity contribution in [3.05, 3.63) is 11.2 Å². The van der Waals surface area contributed by atoms with E-state index < -0.39 is 0 Å². The number of rotatable bonds is 5. The second kappa shape index (κ2) is 6.26. The van der Waals surface area contributed by atoms with Gasteiger partial charge >= 0.3 is 0 Å². The van der Waals surface area contributed by atoms with Gasteiger partial charge in [-0.05, 0) is 13.8 Å². The van der Waals surface area contributed by atoms with Crippen LogP contribution in [0.1, 0.15) is 20.3 Å². The average molecular weight is 254 g/mol. The van der Waals surface area contributed by atoms with Gasteiger partial charge < -0.3 is 10.2 Å². The number of anilines is 2. The van der Waals surface area contributed by atoms with Gasteiger partial charge in [0.15, 0.2) is 5.82 Å². The van der Waals surface area contributed by atoms with Gasteiger partial charge in [0.05, 0.1) is 18.7 Å². The van der Waals surface area contributed by atoms with E-state index in [0.29, 0.717) is 23.2 Å². The lowest BCUT2D eigenvalue weighted by atomic mass is 10.2. The number of hydrogen-bond acceptors (Lipinski definition) is 5. The van der Waals surface area contributed by atoms with Crippen LogP contribution in [0, 0.1) is 11.3 Å². The molecule has 1 aromatic rings. The average Bonchev–Trinajstić information content (AvgIpc) is 2.31. The van der Waals surface area contributed by atoms with Crippen molar-refractivity contribution in [2.75, 3.05) is 23.8 Å². The summed E-state index contributed by atoms with van der Waals surface area (Å²) < 4.78 is 0. The first-order valence-corrected chi connectivity index (χ1v) is 5.84.